The van der Waals surface area contributed by atoms with Crippen LogP contribution in [0.1, 0.15) is 61.4 Å². The van der Waals surface area contributed by atoms with Gasteiger partial charge >= 0.3 is 12.2 Å². The standard InChI is InChI=1S/C29H37F3N6O3/c1-2-3-8-15-38(16-9-4-7-14-33-22-39)28(41)35-23-12-13-26(34-21-23)36-17-19-37(20-18-36)27(40)24-10-5-6-11-25(24)29(30,31)32/h5-6,10-13,21H,2-4,7-9,14-20H2,1H3,(H,35,41). The van der Waals surface area contributed by atoms with Gasteiger partial charge in [0.2, 0.25) is 6.08 Å². The van der Waals surface area contributed by atoms with Crippen molar-refractivity contribution in [3.8, 4) is 0 Å². The first-order chi connectivity index (χ1) is 19.7. The minimum atomic E-state index is -4.60. The molecule has 0 aliphatic carbocycles. The van der Waals surface area contributed by atoms with Gasteiger partial charge in [-0.05, 0) is 49.9 Å². The second-order valence-corrected chi connectivity index (χ2v) is 9.89. The van der Waals surface area contributed by atoms with Crippen molar-refractivity contribution in [1.29, 1.82) is 0 Å². The first-order valence-corrected chi connectivity index (χ1v) is 14.0. The molecule has 0 atom stereocenters. The van der Waals surface area contributed by atoms with Gasteiger partial charge in [-0.1, -0.05) is 31.9 Å². The van der Waals surface area contributed by atoms with E-state index in [9.17, 15) is 27.6 Å². The van der Waals surface area contributed by atoms with E-state index in [1.54, 1.807) is 23.2 Å². The maximum atomic E-state index is 13.4. The number of aliphatic imine (C=N–C) groups is 1. The molecule has 2 heterocycles. The zero-order valence-electron chi connectivity index (χ0n) is 23.3. The molecule has 0 spiro atoms. The van der Waals surface area contributed by atoms with Gasteiger partial charge in [0.1, 0.15) is 5.82 Å². The number of carbonyl (C=O) groups excluding carboxylic acids is 3. The number of hydrogen-bond donors (Lipinski definition) is 1. The Kier molecular flexibility index (Phi) is 12.1. The molecule has 0 saturated carbocycles. The number of pyridine rings is 1. The highest BCUT2D eigenvalue weighted by atomic mass is 19.4. The molecule has 1 saturated heterocycles. The fraction of sp³-hybridized carbons (Fsp3) is 0.517. The molecule has 1 aliphatic rings. The minimum Gasteiger partial charge on any atom is -0.353 e. The first-order valence-electron chi connectivity index (χ1n) is 14.0. The van der Waals surface area contributed by atoms with Crippen LogP contribution in [0.2, 0.25) is 0 Å². The number of aromatic nitrogens is 1. The van der Waals surface area contributed by atoms with Gasteiger partial charge in [0.15, 0.2) is 0 Å². The lowest BCUT2D eigenvalue weighted by Gasteiger charge is -2.35. The summed E-state index contributed by atoms with van der Waals surface area (Å²) in [7, 11) is 0. The van der Waals surface area contributed by atoms with Gasteiger partial charge in [-0.3, -0.25) is 4.79 Å². The molecule has 41 heavy (non-hydrogen) atoms. The number of rotatable bonds is 13. The van der Waals surface area contributed by atoms with E-state index >= 15 is 0 Å². The molecule has 12 heteroatoms. The van der Waals surface area contributed by atoms with Crippen LogP contribution in [-0.4, -0.2) is 78.6 Å². The molecule has 1 aromatic heterocycles. The van der Waals surface area contributed by atoms with Crippen LogP contribution >= 0.6 is 0 Å². The van der Waals surface area contributed by atoms with E-state index in [-0.39, 0.29) is 24.7 Å². The van der Waals surface area contributed by atoms with Crippen LogP contribution in [0.5, 0.6) is 0 Å². The van der Waals surface area contributed by atoms with Crippen molar-refractivity contribution < 1.29 is 27.6 Å². The average molecular weight is 575 g/mol. The number of benzene rings is 1. The van der Waals surface area contributed by atoms with E-state index in [2.05, 4.69) is 22.2 Å². The van der Waals surface area contributed by atoms with E-state index in [1.165, 1.54) is 29.2 Å². The van der Waals surface area contributed by atoms with Crippen LogP contribution in [-0.2, 0) is 11.0 Å². The van der Waals surface area contributed by atoms with Crippen molar-refractivity contribution in [1.82, 2.24) is 14.8 Å². The summed E-state index contributed by atoms with van der Waals surface area (Å²) in [6, 6.07) is 8.18. The maximum Gasteiger partial charge on any atom is 0.417 e. The third-order valence-electron chi connectivity index (χ3n) is 6.93. The lowest BCUT2D eigenvalue weighted by atomic mass is 10.1. The van der Waals surface area contributed by atoms with Gasteiger partial charge < -0.3 is 20.0 Å². The average Bonchev–Trinajstić information content (AvgIpc) is 2.97. The summed E-state index contributed by atoms with van der Waals surface area (Å²) in [5.41, 5.74) is -0.723. The largest absolute Gasteiger partial charge is 0.417 e. The number of piperazine rings is 1. The molecule has 3 rings (SSSR count). The summed E-state index contributed by atoms with van der Waals surface area (Å²) < 4.78 is 40.1. The van der Waals surface area contributed by atoms with Crippen molar-refractivity contribution in [2.75, 3.05) is 56.0 Å². The van der Waals surface area contributed by atoms with Crippen LogP contribution in [0.4, 0.5) is 29.5 Å². The van der Waals surface area contributed by atoms with Gasteiger partial charge in [-0.2, -0.15) is 13.2 Å². The Morgan fingerprint density at radius 2 is 1.71 bits per heavy atom. The molecule has 1 aliphatic heterocycles. The lowest BCUT2D eigenvalue weighted by Crippen LogP contribution is -2.49. The number of alkyl halides is 3. The van der Waals surface area contributed by atoms with Crippen LogP contribution in [0.15, 0.2) is 47.6 Å². The molecule has 0 radical (unpaired) electrons. The predicted molar refractivity (Wildman–Crippen MR) is 151 cm³/mol. The van der Waals surface area contributed by atoms with Crippen molar-refractivity contribution in [3.63, 3.8) is 0 Å². The summed E-state index contributed by atoms with van der Waals surface area (Å²) in [6.45, 7) is 5.16. The molecule has 222 valence electrons. The monoisotopic (exact) mass is 574 g/mol. The van der Waals surface area contributed by atoms with Crippen LogP contribution in [0.25, 0.3) is 0 Å². The Morgan fingerprint density at radius 3 is 2.34 bits per heavy atom. The smallest absolute Gasteiger partial charge is 0.353 e. The molecule has 0 unspecified atom stereocenters. The van der Waals surface area contributed by atoms with Crippen LogP contribution < -0.4 is 10.2 Å². The number of halogens is 3. The number of amides is 3. The zero-order valence-corrected chi connectivity index (χ0v) is 23.3. The molecule has 1 aromatic carbocycles. The van der Waals surface area contributed by atoms with Gasteiger partial charge in [0, 0.05) is 39.3 Å². The number of anilines is 2. The first kappa shape index (κ1) is 31.6. The highest BCUT2D eigenvalue weighted by Gasteiger charge is 2.36. The van der Waals surface area contributed by atoms with Crippen molar-refractivity contribution in [3.05, 3.63) is 53.7 Å². The second kappa shape index (κ2) is 15.8. The summed E-state index contributed by atoms with van der Waals surface area (Å²) in [4.78, 5) is 49.2. The molecular weight excluding hydrogens is 537 g/mol. The highest BCUT2D eigenvalue weighted by Crippen LogP contribution is 2.32. The fourth-order valence-electron chi connectivity index (χ4n) is 4.66. The van der Waals surface area contributed by atoms with Crippen LogP contribution in [0, 0.1) is 0 Å². The molecule has 9 nitrogen and oxygen atoms in total. The Labute approximate surface area is 238 Å². The minimum absolute atomic E-state index is 0.201. The predicted octanol–water partition coefficient (Wildman–Crippen LogP) is 5.59. The fourth-order valence-corrected chi connectivity index (χ4v) is 4.66. The summed E-state index contributed by atoms with van der Waals surface area (Å²) in [5.74, 6) is 0.0186. The van der Waals surface area contributed by atoms with E-state index in [4.69, 9.17) is 0 Å². The number of nitrogens with zero attached hydrogens (tertiary/aromatic N) is 5. The topological polar surface area (TPSA) is 98.2 Å². The van der Waals surface area contributed by atoms with Crippen molar-refractivity contribution in [2.24, 2.45) is 4.99 Å². The summed E-state index contributed by atoms with van der Waals surface area (Å²) in [6.07, 6.45) is 3.93. The quantitative estimate of drug-likeness (QED) is 0.191. The normalized spacial score (nSPS) is 13.5. The Morgan fingerprint density at radius 1 is 1.00 bits per heavy atom. The SMILES string of the molecule is CCCCCN(CCCCCN=C=O)C(=O)Nc1ccc(N2CCN(C(=O)c3ccccc3C(F)(F)F)CC2)nc1. The molecule has 3 amide bonds. The lowest BCUT2D eigenvalue weighted by molar-refractivity contribution is -0.138. The van der Waals surface area contributed by atoms with Crippen molar-refractivity contribution in [2.45, 2.75) is 51.6 Å². The molecule has 0 bridgehead atoms. The molecule has 2 aromatic rings. The number of isocyanates is 1. The number of urea groups is 1. The number of hydrogen-bond acceptors (Lipinski definition) is 6. The summed E-state index contributed by atoms with van der Waals surface area (Å²) in [5, 5.41) is 2.91. The Balaban J connectivity index is 1.53. The van der Waals surface area contributed by atoms with Gasteiger partial charge in [0.05, 0.1) is 29.6 Å². The van der Waals surface area contributed by atoms with Gasteiger partial charge in [-0.25, -0.2) is 19.6 Å². The zero-order chi connectivity index (χ0) is 29.7. The molecule has 1 fully saturated rings. The number of unbranched alkanes of at least 4 members (excludes halogenated alkanes) is 4. The molecule has 1 N–H and O–H groups in total. The Bertz CT molecular complexity index is 1180. The second-order valence-electron chi connectivity index (χ2n) is 9.89. The number of nitrogens with one attached hydrogen (secondary N) is 1. The van der Waals surface area contributed by atoms with E-state index in [0.29, 0.717) is 44.2 Å². The number of carbonyl (C=O) groups is 2. The third kappa shape index (κ3) is 9.60. The Hall–Kier alpha value is -3.92. The summed E-state index contributed by atoms with van der Waals surface area (Å²) >= 11 is 0. The van der Waals surface area contributed by atoms with E-state index in [1.807, 2.05) is 4.90 Å². The highest BCUT2D eigenvalue weighted by molar-refractivity contribution is 5.96. The van der Waals surface area contributed by atoms with Gasteiger partial charge in [0.25, 0.3) is 5.91 Å². The van der Waals surface area contributed by atoms with E-state index in [0.717, 1.165) is 44.6 Å². The maximum absolute atomic E-state index is 13.4. The van der Waals surface area contributed by atoms with E-state index < -0.39 is 17.6 Å². The van der Waals surface area contributed by atoms with Crippen LogP contribution in [0.3, 0.4) is 0 Å². The van der Waals surface area contributed by atoms with Gasteiger partial charge in [-0.15, -0.1) is 0 Å². The molecular formula is C29H37F3N6O3. The van der Waals surface area contributed by atoms with Crippen molar-refractivity contribution >= 4 is 29.5 Å². The third-order valence-corrected chi connectivity index (χ3v) is 6.93.